The highest BCUT2D eigenvalue weighted by Crippen LogP contribution is 2.53. The van der Waals surface area contributed by atoms with Gasteiger partial charge in [-0.2, -0.15) is 0 Å². The lowest BCUT2D eigenvalue weighted by atomic mass is 9.49. The third-order valence-electron chi connectivity index (χ3n) is 4.08. The number of fused-ring (bicyclic) bond motifs is 2. The highest BCUT2D eigenvalue weighted by molar-refractivity contribution is 14.1. The maximum Gasteiger partial charge on any atom is 0.147 e. The Balaban J connectivity index is 2.08. The number of hydrogen-bond donors (Lipinski definition) is 0. The highest BCUT2D eigenvalue weighted by atomic mass is 127. The molecule has 2 fully saturated rings. The van der Waals surface area contributed by atoms with Gasteiger partial charge in [0, 0.05) is 0 Å². The summed E-state index contributed by atoms with van der Waals surface area (Å²) < 4.78 is 0.691. The summed E-state index contributed by atoms with van der Waals surface area (Å²) in [5, 5.41) is 0.714. The average molecular weight is 290 g/mol. The quantitative estimate of drug-likeness (QED) is 0.361. The third kappa shape index (κ3) is 2.43. The number of rotatable bonds is 0. The standard InChI is InChI=1S/C11H20BI/c1-10-6-4-2-3-5-7-11(13,12-10)9-8-10/h12H,2-9H2,1H3. The van der Waals surface area contributed by atoms with Crippen LogP contribution in [0.3, 0.4) is 0 Å². The largest absolute Gasteiger partial charge is 0.147 e. The van der Waals surface area contributed by atoms with Gasteiger partial charge in [-0.15, -0.1) is 0 Å². The first-order valence-corrected chi connectivity index (χ1v) is 6.89. The Hall–Kier alpha value is 0.795. The van der Waals surface area contributed by atoms with Crippen molar-refractivity contribution < 1.29 is 0 Å². The molecule has 0 aromatic carbocycles. The van der Waals surface area contributed by atoms with Gasteiger partial charge in [-0.05, 0) is 16.2 Å². The van der Waals surface area contributed by atoms with E-state index in [2.05, 4.69) is 29.5 Å². The van der Waals surface area contributed by atoms with E-state index in [9.17, 15) is 0 Å². The minimum Gasteiger partial charge on any atom is -0.0883 e. The van der Waals surface area contributed by atoms with Crippen LogP contribution in [0.5, 0.6) is 0 Å². The van der Waals surface area contributed by atoms with Gasteiger partial charge in [-0.1, -0.05) is 73.4 Å². The molecule has 0 amide bonds. The van der Waals surface area contributed by atoms with Crippen LogP contribution in [0.15, 0.2) is 0 Å². The molecule has 13 heavy (non-hydrogen) atoms. The number of alkyl halides is 1. The van der Waals surface area contributed by atoms with E-state index in [4.69, 9.17) is 0 Å². The molecule has 2 atom stereocenters. The van der Waals surface area contributed by atoms with Crippen molar-refractivity contribution in [2.24, 2.45) is 0 Å². The second-order valence-corrected chi connectivity index (χ2v) is 7.84. The predicted molar refractivity (Wildman–Crippen MR) is 69.2 cm³/mol. The third-order valence-corrected chi connectivity index (χ3v) is 5.54. The predicted octanol–water partition coefficient (Wildman–Crippen LogP) is 3.88. The summed E-state index contributed by atoms with van der Waals surface area (Å²) in [6, 6.07) is 0. The minimum absolute atomic E-state index is 0.691. The van der Waals surface area contributed by atoms with E-state index >= 15 is 0 Å². The maximum atomic E-state index is 2.76. The van der Waals surface area contributed by atoms with Crippen LogP contribution in [0.4, 0.5) is 0 Å². The molecule has 0 N–H and O–H groups in total. The molecule has 2 aliphatic heterocycles. The molecule has 0 radical (unpaired) electrons. The fourth-order valence-corrected chi connectivity index (χ4v) is 4.81. The Bertz CT molecular complexity index is 175. The van der Waals surface area contributed by atoms with Gasteiger partial charge < -0.3 is 0 Å². The van der Waals surface area contributed by atoms with Crippen LogP contribution in [0, 0.1) is 0 Å². The van der Waals surface area contributed by atoms with Crippen LogP contribution >= 0.6 is 22.6 Å². The van der Waals surface area contributed by atoms with Gasteiger partial charge in [0.05, 0.1) is 0 Å². The Labute approximate surface area is 96.6 Å². The van der Waals surface area contributed by atoms with E-state index in [1.165, 1.54) is 58.6 Å². The normalized spacial score (nSPS) is 46.0. The van der Waals surface area contributed by atoms with Crippen molar-refractivity contribution >= 4 is 29.9 Å². The van der Waals surface area contributed by atoms with Crippen molar-refractivity contribution in [2.45, 2.75) is 66.9 Å². The van der Waals surface area contributed by atoms with Gasteiger partial charge in [0.15, 0.2) is 0 Å². The summed E-state index contributed by atoms with van der Waals surface area (Å²) in [7, 11) is 1.50. The second-order valence-electron chi connectivity index (χ2n) is 5.55. The van der Waals surface area contributed by atoms with Crippen LogP contribution in [-0.2, 0) is 0 Å². The molecule has 0 aliphatic carbocycles. The zero-order valence-electron chi connectivity index (χ0n) is 8.74. The fourth-order valence-electron chi connectivity index (χ4n) is 3.24. The van der Waals surface area contributed by atoms with Gasteiger partial charge >= 0.3 is 0 Å². The molecule has 0 saturated carbocycles. The van der Waals surface area contributed by atoms with E-state index in [1.807, 2.05) is 0 Å². The Morgan fingerprint density at radius 1 is 0.923 bits per heavy atom. The zero-order valence-corrected chi connectivity index (χ0v) is 10.9. The van der Waals surface area contributed by atoms with Gasteiger partial charge in [0.1, 0.15) is 7.28 Å². The van der Waals surface area contributed by atoms with Gasteiger partial charge in [-0.25, -0.2) is 0 Å². The van der Waals surface area contributed by atoms with Crippen LogP contribution in [0.1, 0.15) is 58.3 Å². The molecule has 0 aromatic rings. The Morgan fingerprint density at radius 2 is 1.62 bits per heavy atom. The van der Waals surface area contributed by atoms with Crippen molar-refractivity contribution in [3.8, 4) is 0 Å². The maximum absolute atomic E-state index is 2.76. The Kier molecular flexibility index (Phi) is 2.97. The van der Waals surface area contributed by atoms with Gasteiger partial charge in [-0.3, -0.25) is 0 Å². The molecule has 2 aliphatic rings. The molecule has 2 unspecified atom stereocenters. The van der Waals surface area contributed by atoms with E-state index in [0.29, 0.717) is 8.64 Å². The summed E-state index contributed by atoms with van der Waals surface area (Å²) in [6.45, 7) is 2.53. The van der Waals surface area contributed by atoms with Gasteiger partial charge in [0.2, 0.25) is 0 Å². The fraction of sp³-hybridized carbons (Fsp3) is 1.00. The lowest BCUT2D eigenvalue weighted by Gasteiger charge is -2.24. The summed E-state index contributed by atoms with van der Waals surface area (Å²) in [6.07, 6.45) is 11.9. The topological polar surface area (TPSA) is 0 Å². The van der Waals surface area contributed by atoms with E-state index in [0.717, 1.165) is 0 Å². The van der Waals surface area contributed by atoms with Gasteiger partial charge in [0.25, 0.3) is 0 Å². The molecule has 2 bridgehead atoms. The first-order chi connectivity index (χ1) is 6.12. The zero-order chi connectivity index (χ0) is 9.36. The Morgan fingerprint density at radius 3 is 2.38 bits per heavy atom. The van der Waals surface area contributed by atoms with Crippen LogP contribution in [0.25, 0.3) is 0 Å². The summed E-state index contributed by atoms with van der Waals surface area (Å²) >= 11 is 2.76. The lowest BCUT2D eigenvalue weighted by molar-refractivity contribution is 0.468. The van der Waals surface area contributed by atoms with Crippen LogP contribution in [-0.4, -0.2) is 10.6 Å². The average Bonchev–Trinajstić information content (AvgIpc) is 2.39. The second kappa shape index (κ2) is 3.75. The summed E-state index contributed by atoms with van der Waals surface area (Å²) in [5.41, 5.74) is 0. The molecular formula is C11H20BI. The molecule has 2 heterocycles. The van der Waals surface area contributed by atoms with E-state index in [1.54, 1.807) is 0 Å². The molecule has 0 aromatic heterocycles. The van der Waals surface area contributed by atoms with Crippen molar-refractivity contribution in [3.63, 3.8) is 0 Å². The molecule has 0 spiro atoms. The van der Waals surface area contributed by atoms with E-state index < -0.39 is 0 Å². The minimum atomic E-state index is 0.691. The highest BCUT2D eigenvalue weighted by Gasteiger charge is 2.44. The monoisotopic (exact) mass is 290 g/mol. The summed E-state index contributed by atoms with van der Waals surface area (Å²) in [5.74, 6) is 0. The smallest absolute Gasteiger partial charge is 0.0883 e. The molecule has 2 rings (SSSR count). The number of hydrogen-bond acceptors (Lipinski definition) is 0. The summed E-state index contributed by atoms with van der Waals surface area (Å²) in [4.78, 5) is 0. The van der Waals surface area contributed by atoms with Crippen molar-refractivity contribution in [3.05, 3.63) is 0 Å². The molecular weight excluding hydrogens is 270 g/mol. The molecule has 2 heteroatoms. The first kappa shape index (κ1) is 10.3. The molecule has 2 saturated heterocycles. The lowest BCUT2D eigenvalue weighted by Crippen LogP contribution is -2.27. The van der Waals surface area contributed by atoms with E-state index in [-0.39, 0.29) is 0 Å². The first-order valence-electron chi connectivity index (χ1n) is 5.81. The van der Waals surface area contributed by atoms with Crippen LogP contribution in [0.2, 0.25) is 5.31 Å². The SMILES string of the molecule is CC12BC(I)(CCCCCC1)CC2. The molecule has 0 nitrogen and oxygen atoms in total. The van der Waals surface area contributed by atoms with Crippen molar-refractivity contribution in [1.82, 2.24) is 0 Å². The van der Waals surface area contributed by atoms with Crippen LogP contribution < -0.4 is 0 Å². The number of halogens is 1. The molecule has 74 valence electrons. The van der Waals surface area contributed by atoms with Crippen molar-refractivity contribution in [2.75, 3.05) is 0 Å². The van der Waals surface area contributed by atoms with Crippen molar-refractivity contribution in [1.29, 1.82) is 0 Å².